The van der Waals surface area contributed by atoms with E-state index in [9.17, 15) is 18.8 Å². The smallest absolute Gasteiger partial charge is 0.271 e. The third kappa shape index (κ3) is 4.07. The summed E-state index contributed by atoms with van der Waals surface area (Å²) in [6, 6.07) is 9.52. The molecule has 0 radical (unpaired) electrons. The second-order valence-electron chi connectivity index (χ2n) is 5.38. The molecular formula is C17H14FN5O3. The minimum Gasteiger partial charge on any atom is -0.349 e. The monoisotopic (exact) mass is 355 g/mol. The molecule has 0 saturated heterocycles. The van der Waals surface area contributed by atoms with Crippen molar-refractivity contribution in [2.24, 2.45) is 0 Å². The van der Waals surface area contributed by atoms with E-state index in [1.165, 1.54) is 41.2 Å². The summed E-state index contributed by atoms with van der Waals surface area (Å²) in [7, 11) is 0. The molecule has 2 heterocycles. The molecule has 0 fully saturated rings. The molecule has 1 aromatic carbocycles. The molecule has 26 heavy (non-hydrogen) atoms. The fraction of sp³-hybridized carbons (Fsp3) is 0.118. The van der Waals surface area contributed by atoms with Gasteiger partial charge in [0.05, 0.1) is 12.0 Å². The van der Waals surface area contributed by atoms with Crippen LogP contribution in [-0.4, -0.2) is 32.2 Å². The van der Waals surface area contributed by atoms with Crippen LogP contribution in [0.1, 0.15) is 10.5 Å². The molecule has 0 atom stereocenters. The molecule has 0 unspecified atom stereocenters. The molecule has 8 nitrogen and oxygen atoms in total. The number of carbonyl (C=O) groups is 1. The molecule has 9 heteroatoms. The number of aromatic nitrogens is 4. The van der Waals surface area contributed by atoms with Crippen molar-refractivity contribution in [3.05, 3.63) is 81.0 Å². The number of halogens is 1. The van der Waals surface area contributed by atoms with Crippen molar-refractivity contribution in [2.45, 2.75) is 6.54 Å². The molecule has 132 valence electrons. The topological polar surface area (TPSA) is 110 Å². The number of H-pyrrole nitrogens is 1. The SMILES string of the molecule is O=C(NCCn1cnc(-c2ccc(F)cc2)cc1=O)c1ccc(=O)[nH]n1. The summed E-state index contributed by atoms with van der Waals surface area (Å²) in [6.45, 7) is 0.391. The molecule has 2 N–H and O–H groups in total. The third-order valence-corrected chi connectivity index (χ3v) is 3.57. The minimum absolute atomic E-state index is 0.0710. The lowest BCUT2D eigenvalue weighted by Gasteiger charge is -2.08. The average molecular weight is 355 g/mol. The number of aromatic amines is 1. The highest BCUT2D eigenvalue weighted by Gasteiger charge is 2.07. The zero-order chi connectivity index (χ0) is 18.5. The molecule has 0 aliphatic rings. The van der Waals surface area contributed by atoms with Crippen LogP contribution in [0.2, 0.25) is 0 Å². The summed E-state index contributed by atoms with van der Waals surface area (Å²) in [5, 5.41) is 8.38. The Bertz CT molecular complexity index is 1020. The maximum absolute atomic E-state index is 13.0. The number of hydrogen-bond acceptors (Lipinski definition) is 5. The van der Waals surface area contributed by atoms with Crippen molar-refractivity contribution in [3.63, 3.8) is 0 Å². The number of nitrogens with zero attached hydrogens (tertiary/aromatic N) is 3. The second kappa shape index (κ2) is 7.51. The Morgan fingerprint density at radius 1 is 1.15 bits per heavy atom. The van der Waals surface area contributed by atoms with Gasteiger partial charge in [-0.1, -0.05) is 0 Å². The zero-order valence-electron chi connectivity index (χ0n) is 13.5. The molecule has 0 spiro atoms. The van der Waals surface area contributed by atoms with Gasteiger partial charge in [-0.2, -0.15) is 5.10 Å². The summed E-state index contributed by atoms with van der Waals surface area (Å²) in [5.41, 5.74) is 0.443. The lowest BCUT2D eigenvalue weighted by atomic mass is 10.1. The maximum atomic E-state index is 13.0. The largest absolute Gasteiger partial charge is 0.349 e. The average Bonchev–Trinajstić information content (AvgIpc) is 2.64. The second-order valence-corrected chi connectivity index (χ2v) is 5.38. The first-order chi connectivity index (χ1) is 12.5. The van der Waals surface area contributed by atoms with Crippen molar-refractivity contribution >= 4 is 5.91 Å². The van der Waals surface area contributed by atoms with E-state index < -0.39 is 11.5 Å². The van der Waals surface area contributed by atoms with Crippen LogP contribution in [-0.2, 0) is 6.54 Å². The first-order valence-corrected chi connectivity index (χ1v) is 7.69. The summed E-state index contributed by atoms with van der Waals surface area (Å²) in [4.78, 5) is 39.1. The van der Waals surface area contributed by atoms with Crippen molar-refractivity contribution < 1.29 is 9.18 Å². The summed E-state index contributed by atoms with van der Waals surface area (Å²) in [6.07, 6.45) is 1.37. The molecule has 1 amide bonds. The zero-order valence-corrected chi connectivity index (χ0v) is 13.5. The van der Waals surface area contributed by atoms with Gasteiger partial charge in [0, 0.05) is 30.8 Å². The number of hydrogen-bond donors (Lipinski definition) is 2. The Hall–Kier alpha value is -3.62. The van der Waals surface area contributed by atoms with Gasteiger partial charge in [0.25, 0.3) is 17.0 Å². The van der Waals surface area contributed by atoms with Gasteiger partial charge in [-0.15, -0.1) is 0 Å². The van der Waals surface area contributed by atoms with E-state index in [4.69, 9.17) is 0 Å². The van der Waals surface area contributed by atoms with E-state index in [0.29, 0.717) is 11.3 Å². The molecule has 0 aliphatic carbocycles. The van der Waals surface area contributed by atoms with E-state index in [-0.39, 0.29) is 30.2 Å². The van der Waals surface area contributed by atoms with Gasteiger partial charge in [-0.05, 0) is 30.3 Å². The highest BCUT2D eigenvalue weighted by molar-refractivity contribution is 5.91. The Labute approximate surface area is 146 Å². The van der Waals surface area contributed by atoms with Crippen LogP contribution >= 0.6 is 0 Å². The highest BCUT2D eigenvalue weighted by atomic mass is 19.1. The van der Waals surface area contributed by atoms with E-state index in [0.717, 1.165) is 0 Å². The molecule has 0 bridgehead atoms. The van der Waals surface area contributed by atoms with E-state index in [1.54, 1.807) is 12.1 Å². The summed E-state index contributed by atoms with van der Waals surface area (Å²) < 4.78 is 14.3. The summed E-state index contributed by atoms with van der Waals surface area (Å²) in [5.74, 6) is -0.833. The van der Waals surface area contributed by atoms with Gasteiger partial charge in [-0.3, -0.25) is 19.0 Å². The highest BCUT2D eigenvalue weighted by Crippen LogP contribution is 2.14. The van der Waals surface area contributed by atoms with Gasteiger partial charge < -0.3 is 5.32 Å². The molecule has 0 saturated carbocycles. The van der Waals surface area contributed by atoms with Crippen LogP contribution in [0.3, 0.4) is 0 Å². The first kappa shape index (κ1) is 17.2. The van der Waals surface area contributed by atoms with Crippen LogP contribution in [0.4, 0.5) is 4.39 Å². The predicted molar refractivity (Wildman–Crippen MR) is 91.1 cm³/mol. The van der Waals surface area contributed by atoms with Crippen molar-refractivity contribution in [1.82, 2.24) is 25.1 Å². The Balaban J connectivity index is 1.62. The van der Waals surface area contributed by atoms with Crippen LogP contribution in [0.25, 0.3) is 11.3 Å². The molecular weight excluding hydrogens is 341 g/mol. The van der Waals surface area contributed by atoms with Crippen LogP contribution < -0.4 is 16.4 Å². The van der Waals surface area contributed by atoms with Crippen LogP contribution in [0, 0.1) is 5.82 Å². The minimum atomic E-state index is -0.467. The lowest BCUT2D eigenvalue weighted by Crippen LogP contribution is -2.31. The number of benzene rings is 1. The number of nitrogens with one attached hydrogen (secondary N) is 2. The van der Waals surface area contributed by atoms with Gasteiger partial charge in [-0.25, -0.2) is 14.5 Å². The van der Waals surface area contributed by atoms with Gasteiger partial charge in [0.1, 0.15) is 11.5 Å². The van der Waals surface area contributed by atoms with Crippen molar-refractivity contribution in [2.75, 3.05) is 6.54 Å². The molecule has 3 aromatic rings. The number of amides is 1. The molecule has 3 rings (SSSR count). The van der Waals surface area contributed by atoms with E-state index in [2.05, 4.69) is 20.5 Å². The number of carbonyl (C=O) groups excluding carboxylic acids is 1. The van der Waals surface area contributed by atoms with Crippen molar-refractivity contribution in [3.8, 4) is 11.3 Å². The molecule has 0 aliphatic heterocycles. The van der Waals surface area contributed by atoms with Crippen LogP contribution in [0.15, 0.2) is 58.4 Å². The number of rotatable bonds is 5. The quantitative estimate of drug-likeness (QED) is 0.695. The lowest BCUT2D eigenvalue weighted by molar-refractivity contribution is 0.0946. The van der Waals surface area contributed by atoms with Crippen LogP contribution in [0.5, 0.6) is 0 Å². The van der Waals surface area contributed by atoms with Gasteiger partial charge in [0.2, 0.25) is 0 Å². The fourth-order valence-electron chi connectivity index (χ4n) is 2.22. The fourth-order valence-corrected chi connectivity index (χ4v) is 2.22. The summed E-state index contributed by atoms with van der Waals surface area (Å²) >= 11 is 0. The first-order valence-electron chi connectivity index (χ1n) is 7.69. The van der Waals surface area contributed by atoms with Gasteiger partial charge >= 0.3 is 0 Å². The van der Waals surface area contributed by atoms with Gasteiger partial charge in [0.15, 0.2) is 0 Å². The Kier molecular flexibility index (Phi) is 4.97. The third-order valence-electron chi connectivity index (χ3n) is 3.57. The Morgan fingerprint density at radius 3 is 2.58 bits per heavy atom. The predicted octanol–water partition coefficient (Wildman–Crippen LogP) is 0.563. The van der Waals surface area contributed by atoms with E-state index in [1.807, 2.05) is 0 Å². The Morgan fingerprint density at radius 2 is 1.92 bits per heavy atom. The van der Waals surface area contributed by atoms with E-state index >= 15 is 0 Å². The van der Waals surface area contributed by atoms with Crippen molar-refractivity contribution in [1.29, 1.82) is 0 Å². The molecule has 2 aromatic heterocycles. The normalized spacial score (nSPS) is 10.5. The standard InChI is InChI=1S/C17H14FN5O3/c18-12-3-1-11(2-4-12)14-9-16(25)23(10-20-14)8-7-19-17(26)13-5-6-15(24)22-21-13/h1-6,9-10H,7-8H2,(H,19,26)(H,22,24). The maximum Gasteiger partial charge on any atom is 0.271 e.